The zero-order valence-corrected chi connectivity index (χ0v) is 11.3. The van der Waals surface area contributed by atoms with Crippen LogP contribution in [0.15, 0.2) is 16.7 Å². The number of rotatable bonds is 2. The van der Waals surface area contributed by atoms with Crippen molar-refractivity contribution in [1.82, 2.24) is 5.32 Å². The van der Waals surface area contributed by atoms with Gasteiger partial charge in [-0.3, -0.25) is 0 Å². The molecule has 1 saturated carbocycles. The lowest BCUT2D eigenvalue weighted by Crippen LogP contribution is -2.29. The van der Waals surface area contributed by atoms with Gasteiger partial charge in [-0.05, 0) is 29.7 Å². The average molecular weight is 233 g/mol. The van der Waals surface area contributed by atoms with Gasteiger partial charge in [0.05, 0.1) is 6.26 Å². The first-order chi connectivity index (χ1) is 7.94. The first-order valence-corrected chi connectivity index (χ1v) is 6.77. The number of hydrogen-bond donors (Lipinski definition) is 1. The second-order valence-electron chi connectivity index (χ2n) is 6.79. The fourth-order valence-electron chi connectivity index (χ4n) is 3.47. The van der Waals surface area contributed by atoms with Crippen molar-refractivity contribution in [3.63, 3.8) is 0 Å². The van der Waals surface area contributed by atoms with Gasteiger partial charge in [0.15, 0.2) is 0 Å². The van der Waals surface area contributed by atoms with Crippen LogP contribution in [0.5, 0.6) is 0 Å². The topological polar surface area (TPSA) is 25.2 Å². The first-order valence-electron chi connectivity index (χ1n) is 6.77. The van der Waals surface area contributed by atoms with Crippen molar-refractivity contribution < 1.29 is 4.42 Å². The largest absolute Gasteiger partial charge is 0.469 e. The summed E-state index contributed by atoms with van der Waals surface area (Å²) in [4.78, 5) is 0. The van der Waals surface area contributed by atoms with Gasteiger partial charge in [0.25, 0.3) is 0 Å². The van der Waals surface area contributed by atoms with E-state index in [1.807, 2.05) is 6.26 Å². The minimum atomic E-state index is 0.411. The Bertz CT molecular complexity index is 416. The molecule has 2 aliphatic rings. The highest BCUT2D eigenvalue weighted by Gasteiger charge is 2.65. The number of nitrogens with one attached hydrogen (secondary N) is 1. The normalized spacial score (nSPS) is 30.0. The summed E-state index contributed by atoms with van der Waals surface area (Å²) in [5.74, 6) is 1.20. The summed E-state index contributed by atoms with van der Waals surface area (Å²) in [6, 6.07) is 3.28. The number of aryl methyl sites for hydroxylation is 1. The maximum absolute atomic E-state index is 5.55. The minimum absolute atomic E-state index is 0.411. The van der Waals surface area contributed by atoms with E-state index >= 15 is 0 Å². The molecule has 0 aliphatic heterocycles. The third-order valence-electron chi connectivity index (χ3n) is 5.44. The van der Waals surface area contributed by atoms with Gasteiger partial charge < -0.3 is 9.73 Å². The van der Waals surface area contributed by atoms with Crippen molar-refractivity contribution in [1.29, 1.82) is 0 Å². The van der Waals surface area contributed by atoms with Crippen LogP contribution >= 0.6 is 0 Å². The zero-order valence-electron chi connectivity index (χ0n) is 11.3. The van der Waals surface area contributed by atoms with Gasteiger partial charge in [-0.1, -0.05) is 27.7 Å². The van der Waals surface area contributed by atoms with Crippen LogP contribution < -0.4 is 5.32 Å². The Kier molecular flexibility index (Phi) is 2.25. The van der Waals surface area contributed by atoms with E-state index in [1.165, 1.54) is 24.2 Å². The molecule has 1 atom stereocenters. The Morgan fingerprint density at radius 1 is 1.24 bits per heavy atom. The van der Waals surface area contributed by atoms with Gasteiger partial charge in [-0.2, -0.15) is 0 Å². The molecule has 1 unspecified atom stereocenters. The lowest BCUT2D eigenvalue weighted by Gasteiger charge is -2.24. The maximum atomic E-state index is 5.55. The molecule has 1 N–H and O–H groups in total. The van der Waals surface area contributed by atoms with Gasteiger partial charge in [-0.25, -0.2) is 0 Å². The van der Waals surface area contributed by atoms with Crippen molar-refractivity contribution in [3.8, 4) is 0 Å². The molecule has 0 bridgehead atoms. The van der Waals surface area contributed by atoms with E-state index in [0.717, 1.165) is 6.42 Å². The van der Waals surface area contributed by atoms with Crippen molar-refractivity contribution >= 4 is 0 Å². The quantitative estimate of drug-likeness (QED) is 0.843. The van der Waals surface area contributed by atoms with Crippen molar-refractivity contribution in [2.75, 3.05) is 0 Å². The smallest absolute Gasteiger partial charge is 0.108 e. The second kappa shape index (κ2) is 3.38. The monoisotopic (exact) mass is 233 g/mol. The maximum Gasteiger partial charge on any atom is 0.108 e. The molecule has 1 fully saturated rings. The summed E-state index contributed by atoms with van der Waals surface area (Å²) in [5, 5.41) is 3.86. The Morgan fingerprint density at radius 3 is 2.59 bits per heavy atom. The molecule has 94 valence electrons. The van der Waals surface area contributed by atoms with Gasteiger partial charge in [0.2, 0.25) is 0 Å². The Morgan fingerprint density at radius 2 is 1.94 bits per heavy atom. The zero-order chi connectivity index (χ0) is 12.3. The lowest BCUT2D eigenvalue weighted by atomic mass is 9.93. The number of furan rings is 1. The van der Waals surface area contributed by atoms with E-state index < -0.39 is 0 Å². The van der Waals surface area contributed by atoms with Gasteiger partial charge in [0, 0.05) is 24.1 Å². The van der Waals surface area contributed by atoms with E-state index in [-0.39, 0.29) is 0 Å². The molecule has 2 heteroatoms. The van der Waals surface area contributed by atoms with Crippen molar-refractivity contribution in [2.45, 2.75) is 59.0 Å². The van der Waals surface area contributed by atoms with Crippen LogP contribution in [0.1, 0.15) is 57.9 Å². The summed E-state index contributed by atoms with van der Waals surface area (Å²) >= 11 is 0. The second-order valence-corrected chi connectivity index (χ2v) is 6.79. The molecule has 1 aromatic rings. The van der Waals surface area contributed by atoms with Crippen LogP contribution in [0.25, 0.3) is 0 Å². The van der Waals surface area contributed by atoms with Gasteiger partial charge in [-0.15, -0.1) is 0 Å². The summed E-state index contributed by atoms with van der Waals surface area (Å²) in [6.07, 6.45) is 5.44. The number of hydrogen-bond acceptors (Lipinski definition) is 2. The Balaban J connectivity index is 1.77. The molecule has 0 aromatic carbocycles. The fraction of sp³-hybridized carbons (Fsp3) is 0.733. The summed E-state index contributed by atoms with van der Waals surface area (Å²) in [7, 11) is 0. The third kappa shape index (κ3) is 1.50. The predicted molar refractivity (Wildman–Crippen MR) is 68.9 cm³/mol. The molecule has 0 saturated heterocycles. The molecule has 3 rings (SSSR count). The SMILES string of the molecule is CC1(C)C(NC2CCCc3occc32)C1(C)C. The Labute approximate surface area is 104 Å². The van der Waals surface area contributed by atoms with Crippen LogP contribution in [-0.4, -0.2) is 6.04 Å². The predicted octanol–water partition coefficient (Wildman–Crippen LogP) is 3.68. The van der Waals surface area contributed by atoms with Crippen molar-refractivity contribution in [2.24, 2.45) is 10.8 Å². The first kappa shape index (κ1) is 11.3. The van der Waals surface area contributed by atoms with E-state index in [9.17, 15) is 0 Å². The molecule has 17 heavy (non-hydrogen) atoms. The van der Waals surface area contributed by atoms with E-state index in [1.54, 1.807) is 0 Å². The molecule has 1 heterocycles. The van der Waals surface area contributed by atoms with Gasteiger partial charge in [0.1, 0.15) is 5.76 Å². The molecular formula is C15H23NO. The van der Waals surface area contributed by atoms with Crippen LogP contribution in [0.4, 0.5) is 0 Å². The van der Waals surface area contributed by atoms with E-state index in [4.69, 9.17) is 4.42 Å². The summed E-state index contributed by atoms with van der Waals surface area (Å²) in [6.45, 7) is 9.46. The van der Waals surface area contributed by atoms with Crippen molar-refractivity contribution in [3.05, 3.63) is 23.7 Å². The molecule has 2 nitrogen and oxygen atoms in total. The van der Waals surface area contributed by atoms with Crippen LogP contribution in [0.3, 0.4) is 0 Å². The lowest BCUT2D eigenvalue weighted by molar-refractivity contribution is 0.390. The third-order valence-corrected chi connectivity index (χ3v) is 5.44. The van der Waals surface area contributed by atoms with Crippen LogP contribution in [0.2, 0.25) is 0 Å². The molecule has 1 aromatic heterocycles. The summed E-state index contributed by atoms with van der Waals surface area (Å²) in [5.41, 5.74) is 2.22. The molecule has 0 spiro atoms. The van der Waals surface area contributed by atoms with Crippen LogP contribution in [-0.2, 0) is 6.42 Å². The molecule has 0 amide bonds. The standard InChI is InChI=1S/C15H23NO/c1-14(2)13(15(14,3)4)16-11-6-5-7-12-10(11)8-9-17-12/h8-9,11,13,16H,5-7H2,1-4H3. The fourth-order valence-corrected chi connectivity index (χ4v) is 3.47. The molecule has 0 radical (unpaired) electrons. The van der Waals surface area contributed by atoms with Gasteiger partial charge >= 0.3 is 0 Å². The summed E-state index contributed by atoms with van der Waals surface area (Å²) < 4.78 is 5.55. The molecule has 2 aliphatic carbocycles. The number of fused-ring (bicyclic) bond motifs is 1. The Hall–Kier alpha value is -0.760. The minimum Gasteiger partial charge on any atom is -0.469 e. The molecular weight excluding hydrogens is 210 g/mol. The van der Waals surface area contributed by atoms with Crippen LogP contribution in [0, 0.1) is 10.8 Å². The average Bonchev–Trinajstić information content (AvgIpc) is 2.68. The highest BCUT2D eigenvalue weighted by Crippen LogP contribution is 2.63. The van der Waals surface area contributed by atoms with E-state index in [0.29, 0.717) is 22.9 Å². The van der Waals surface area contributed by atoms with E-state index in [2.05, 4.69) is 39.1 Å². The highest BCUT2D eigenvalue weighted by molar-refractivity contribution is 5.27. The highest BCUT2D eigenvalue weighted by atomic mass is 16.3.